The van der Waals surface area contributed by atoms with Gasteiger partial charge in [-0.15, -0.1) is 0 Å². The van der Waals surface area contributed by atoms with Crippen molar-refractivity contribution in [3.63, 3.8) is 0 Å². The molecule has 3 heterocycles. The number of benzene rings is 14. The van der Waals surface area contributed by atoms with E-state index in [0.717, 1.165) is 93.4 Å². The molecule has 77 heavy (non-hydrogen) atoms. The highest BCUT2D eigenvalue weighted by atomic mass is 16.3. The van der Waals surface area contributed by atoms with Crippen molar-refractivity contribution in [2.24, 2.45) is 0 Å². The molecule has 3 heteroatoms. The van der Waals surface area contributed by atoms with Crippen molar-refractivity contribution in [3.05, 3.63) is 261 Å². The number of nitrogens with zero attached hydrogens (tertiary/aromatic N) is 1. The van der Waals surface area contributed by atoms with Crippen LogP contribution in [0.15, 0.2) is 270 Å². The first kappa shape index (κ1) is 42.2. The highest BCUT2D eigenvalue weighted by Crippen LogP contribution is 2.54. The van der Waals surface area contributed by atoms with Crippen LogP contribution in [0.1, 0.15) is 0 Å². The molecule has 0 saturated carbocycles. The molecule has 0 saturated heterocycles. The molecule has 3 nitrogen and oxygen atoms in total. The standard InChI is InChI=1S/C74H43NO2/c1-3-21-44(22-4-1)66-49-26-7-11-30-53(49)69(54-31-12-8-27-50(54)66)60-42-46-43-61(74-72(58-35-17-20-38-65(58)77-74)68(46)71-57-34-16-19-37-64(57)76-73(60)71)70-55-32-13-9-28-51(55)67(52-29-10-14-33-56(52)70)45-39-40-63-59(41-45)48-25-15-18-36-62(48)75(63)47-23-5-2-6-24-47/h1-43H. The minimum atomic E-state index is 0.850. The summed E-state index contributed by atoms with van der Waals surface area (Å²) in [6.07, 6.45) is 0. The van der Waals surface area contributed by atoms with E-state index in [0.29, 0.717) is 0 Å². The van der Waals surface area contributed by atoms with E-state index in [2.05, 4.69) is 265 Å². The van der Waals surface area contributed by atoms with Crippen molar-refractivity contribution in [1.82, 2.24) is 4.57 Å². The Labute approximate surface area is 441 Å². The first-order valence-electron chi connectivity index (χ1n) is 26.5. The van der Waals surface area contributed by atoms with Crippen LogP contribution in [-0.4, -0.2) is 4.57 Å². The van der Waals surface area contributed by atoms with Gasteiger partial charge in [-0.1, -0.05) is 206 Å². The number of hydrogen-bond donors (Lipinski definition) is 0. The SMILES string of the molecule is c1ccc(-c2c3ccccc3c(-c3cc4cc(-c5c6ccccc6c(-c6ccc7c(c6)c6ccccc6n7-c6ccccc6)c6ccccc56)c5oc6ccccc6c5c4c4c3oc3ccccc34)c3ccccc23)cc1. The lowest BCUT2D eigenvalue weighted by molar-refractivity contribution is 0.670. The summed E-state index contributed by atoms with van der Waals surface area (Å²) in [4.78, 5) is 0. The maximum atomic E-state index is 7.28. The molecule has 14 aromatic carbocycles. The predicted octanol–water partition coefficient (Wildman–Crippen LogP) is 21.0. The van der Waals surface area contributed by atoms with Crippen LogP contribution < -0.4 is 0 Å². The Hall–Kier alpha value is -10.2. The molecule has 0 bridgehead atoms. The maximum Gasteiger partial charge on any atom is 0.143 e. The summed E-state index contributed by atoms with van der Waals surface area (Å²) in [7, 11) is 0. The lowest BCUT2D eigenvalue weighted by Crippen LogP contribution is -1.94. The van der Waals surface area contributed by atoms with Crippen LogP contribution in [0.2, 0.25) is 0 Å². The van der Waals surface area contributed by atoms with Crippen molar-refractivity contribution in [3.8, 4) is 50.2 Å². The predicted molar refractivity (Wildman–Crippen MR) is 325 cm³/mol. The van der Waals surface area contributed by atoms with Crippen molar-refractivity contribution in [1.29, 1.82) is 0 Å². The van der Waals surface area contributed by atoms with Gasteiger partial charge in [-0.3, -0.25) is 0 Å². The monoisotopic (exact) mass is 977 g/mol. The molecule has 3 aromatic heterocycles. The van der Waals surface area contributed by atoms with Gasteiger partial charge >= 0.3 is 0 Å². The molecule has 17 rings (SSSR count). The van der Waals surface area contributed by atoms with Crippen LogP contribution in [0.5, 0.6) is 0 Å². The molecule has 0 aliphatic rings. The highest BCUT2D eigenvalue weighted by molar-refractivity contribution is 6.37. The van der Waals surface area contributed by atoms with Crippen LogP contribution in [0, 0.1) is 0 Å². The number of furan rings is 2. The number of para-hydroxylation sites is 4. The molecule has 0 atom stereocenters. The zero-order valence-electron chi connectivity index (χ0n) is 41.6. The minimum absolute atomic E-state index is 0.850. The molecule has 0 aliphatic carbocycles. The second-order valence-electron chi connectivity index (χ2n) is 20.5. The molecule has 0 N–H and O–H groups in total. The van der Waals surface area contributed by atoms with E-state index in [1.807, 2.05) is 0 Å². The molecule has 356 valence electrons. The number of aromatic nitrogens is 1. The average Bonchev–Trinajstić information content (AvgIpc) is 4.35. The third kappa shape index (κ3) is 5.97. The van der Waals surface area contributed by atoms with Gasteiger partial charge in [0.05, 0.1) is 11.0 Å². The van der Waals surface area contributed by atoms with E-state index < -0.39 is 0 Å². The van der Waals surface area contributed by atoms with Crippen molar-refractivity contribution in [2.75, 3.05) is 0 Å². The van der Waals surface area contributed by atoms with Gasteiger partial charge in [-0.25, -0.2) is 0 Å². The highest BCUT2D eigenvalue weighted by Gasteiger charge is 2.28. The summed E-state index contributed by atoms with van der Waals surface area (Å²) in [5.74, 6) is 0. The first-order chi connectivity index (χ1) is 38.2. The third-order valence-corrected chi connectivity index (χ3v) is 16.5. The molecule has 0 radical (unpaired) electrons. The Morgan fingerprint density at radius 2 is 0.623 bits per heavy atom. The number of rotatable bonds is 5. The van der Waals surface area contributed by atoms with E-state index in [1.54, 1.807) is 0 Å². The summed E-state index contributed by atoms with van der Waals surface area (Å²) in [6, 6.07) is 95.1. The van der Waals surface area contributed by atoms with Gasteiger partial charge in [-0.05, 0) is 125 Å². The topological polar surface area (TPSA) is 31.2 Å². The minimum Gasteiger partial charge on any atom is -0.455 e. The number of hydrogen-bond acceptors (Lipinski definition) is 2. The van der Waals surface area contributed by atoms with E-state index in [-0.39, 0.29) is 0 Å². The fraction of sp³-hybridized carbons (Fsp3) is 0. The van der Waals surface area contributed by atoms with Crippen LogP contribution >= 0.6 is 0 Å². The van der Waals surface area contributed by atoms with E-state index in [9.17, 15) is 0 Å². The van der Waals surface area contributed by atoms with Gasteiger partial charge in [0.2, 0.25) is 0 Å². The lowest BCUT2D eigenvalue weighted by Gasteiger charge is -2.20. The average molecular weight is 978 g/mol. The molecule has 0 unspecified atom stereocenters. The largest absolute Gasteiger partial charge is 0.455 e. The molecule has 17 aromatic rings. The van der Waals surface area contributed by atoms with Crippen LogP contribution in [0.4, 0.5) is 0 Å². The van der Waals surface area contributed by atoms with Crippen molar-refractivity contribution < 1.29 is 8.83 Å². The Morgan fingerprint density at radius 3 is 1.12 bits per heavy atom. The maximum absolute atomic E-state index is 7.28. The second-order valence-corrected chi connectivity index (χ2v) is 20.5. The second kappa shape index (κ2) is 16.1. The summed E-state index contributed by atoms with van der Waals surface area (Å²) in [6.45, 7) is 0. The van der Waals surface area contributed by atoms with Crippen LogP contribution in [-0.2, 0) is 0 Å². The quantitative estimate of drug-likeness (QED) is 0.161. The Kier molecular flexibility index (Phi) is 8.84. The summed E-state index contributed by atoms with van der Waals surface area (Å²) < 4.78 is 16.9. The lowest BCUT2D eigenvalue weighted by atomic mass is 9.83. The Bertz CT molecular complexity index is 5210. The van der Waals surface area contributed by atoms with Gasteiger partial charge in [0.25, 0.3) is 0 Å². The molecule has 0 aliphatic heterocycles. The van der Waals surface area contributed by atoms with Crippen LogP contribution in [0.3, 0.4) is 0 Å². The van der Waals surface area contributed by atoms with E-state index >= 15 is 0 Å². The first-order valence-corrected chi connectivity index (χ1v) is 26.5. The summed E-state index contributed by atoms with van der Waals surface area (Å²) in [5, 5.41) is 18.5. The zero-order valence-corrected chi connectivity index (χ0v) is 41.6. The molecule has 0 spiro atoms. The fourth-order valence-corrected chi connectivity index (χ4v) is 13.4. The normalized spacial score (nSPS) is 12.2. The molecular weight excluding hydrogens is 935 g/mol. The fourth-order valence-electron chi connectivity index (χ4n) is 13.4. The summed E-state index contributed by atoms with van der Waals surface area (Å²) in [5.41, 5.74) is 16.2. The summed E-state index contributed by atoms with van der Waals surface area (Å²) >= 11 is 0. The van der Waals surface area contributed by atoms with E-state index in [4.69, 9.17) is 8.83 Å². The zero-order chi connectivity index (χ0) is 50.3. The number of fused-ring (bicyclic) bond motifs is 16. The van der Waals surface area contributed by atoms with Gasteiger partial charge in [-0.2, -0.15) is 0 Å². The van der Waals surface area contributed by atoms with Gasteiger partial charge < -0.3 is 13.4 Å². The van der Waals surface area contributed by atoms with Gasteiger partial charge in [0.15, 0.2) is 0 Å². The van der Waals surface area contributed by atoms with Crippen molar-refractivity contribution in [2.45, 2.75) is 0 Å². The molecular formula is C74H43NO2. The van der Waals surface area contributed by atoms with Crippen LogP contribution in [0.25, 0.3) is 170 Å². The van der Waals surface area contributed by atoms with Gasteiger partial charge in [0, 0.05) is 65.6 Å². The van der Waals surface area contributed by atoms with E-state index in [1.165, 1.54) is 76.4 Å². The molecule has 0 fully saturated rings. The van der Waals surface area contributed by atoms with Crippen molar-refractivity contribution >= 4 is 120 Å². The Morgan fingerprint density at radius 1 is 0.247 bits per heavy atom. The molecule has 0 amide bonds. The third-order valence-electron chi connectivity index (χ3n) is 16.5. The van der Waals surface area contributed by atoms with Gasteiger partial charge in [0.1, 0.15) is 22.3 Å². The smallest absolute Gasteiger partial charge is 0.143 e. The Balaban J connectivity index is 1.00.